The highest BCUT2D eigenvalue weighted by atomic mass is 15.1. The molecule has 2 aromatic carbocycles. The molecule has 2 aromatic rings. The van der Waals surface area contributed by atoms with E-state index in [-0.39, 0.29) is 0 Å². The zero-order valence-electron chi connectivity index (χ0n) is 15.4. The Hall–Kier alpha value is -2.12. The van der Waals surface area contributed by atoms with Crippen molar-refractivity contribution >= 4 is 17.7 Å². The summed E-state index contributed by atoms with van der Waals surface area (Å²) in [5.41, 5.74) is 6.63. The van der Waals surface area contributed by atoms with Crippen molar-refractivity contribution in [3.8, 4) is 0 Å². The third-order valence-electron chi connectivity index (χ3n) is 4.34. The average Bonchev–Trinajstić information content (AvgIpc) is 2.81. The Balaban J connectivity index is 0.00000100. The summed E-state index contributed by atoms with van der Waals surface area (Å²) in [6.45, 7) is 8.39. The number of nitrogens with zero attached hydrogens (tertiary/aromatic N) is 1. The lowest BCUT2D eigenvalue weighted by molar-refractivity contribution is 0.360. The molecule has 1 aliphatic rings. The first kappa shape index (κ1) is 18.2. The molecule has 1 aliphatic carbocycles. The highest BCUT2D eigenvalue weighted by Gasteiger charge is 2.13. The van der Waals surface area contributed by atoms with Gasteiger partial charge in [-0.15, -0.1) is 0 Å². The molecule has 0 saturated carbocycles. The largest absolute Gasteiger partial charge is 0.306 e. The van der Waals surface area contributed by atoms with Crippen LogP contribution in [-0.4, -0.2) is 25.0 Å². The summed E-state index contributed by atoms with van der Waals surface area (Å²) in [7, 11) is 2.18. The molecular weight excluding hydrogens is 290 g/mol. The molecule has 0 saturated heterocycles. The lowest BCUT2D eigenvalue weighted by Crippen LogP contribution is -2.18. The predicted molar refractivity (Wildman–Crippen MR) is 108 cm³/mol. The van der Waals surface area contributed by atoms with Gasteiger partial charge in [0.05, 0.1) is 0 Å². The van der Waals surface area contributed by atoms with Crippen molar-refractivity contribution in [2.45, 2.75) is 27.2 Å². The van der Waals surface area contributed by atoms with Gasteiger partial charge in [0.2, 0.25) is 0 Å². The van der Waals surface area contributed by atoms with Crippen molar-refractivity contribution in [1.29, 1.82) is 0 Å². The van der Waals surface area contributed by atoms with Gasteiger partial charge in [0.25, 0.3) is 0 Å². The normalized spacial score (nSPS) is 12.0. The smallest absolute Gasteiger partial charge is 0.00131 e. The van der Waals surface area contributed by atoms with E-state index in [0.717, 1.165) is 19.5 Å². The molecule has 0 atom stereocenters. The first-order chi connectivity index (χ1) is 11.8. The third kappa shape index (κ3) is 4.24. The highest BCUT2D eigenvalue weighted by molar-refractivity contribution is 5.93. The second-order valence-corrected chi connectivity index (χ2v) is 5.81. The van der Waals surface area contributed by atoms with E-state index in [1.165, 1.54) is 27.8 Å². The van der Waals surface area contributed by atoms with E-state index in [9.17, 15) is 0 Å². The average molecular weight is 319 g/mol. The third-order valence-corrected chi connectivity index (χ3v) is 4.34. The van der Waals surface area contributed by atoms with E-state index in [1.807, 2.05) is 13.8 Å². The van der Waals surface area contributed by atoms with Gasteiger partial charge in [-0.3, -0.25) is 0 Å². The van der Waals surface area contributed by atoms with Crippen LogP contribution in [0.2, 0.25) is 0 Å². The van der Waals surface area contributed by atoms with Crippen LogP contribution in [0.15, 0.2) is 54.6 Å². The van der Waals surface area contributed by atoms with Crippen molar-refractivity contribution in [1.82, 2.24) is 4.90 Å². The zero-order chi connectivity index (χ0) is 17.4. The van der Waals surface area contributed by atoms with Crippen LogP contribution in [0.5, 0.6) is 0 Å². The predicted octanol–water partition coefficient (Wildman–Crippen LogP) is 5.97. The van der Waals surface area contributed by atoms with Crippen LogP contribution < -0.4 is 0 Å². The van der Waals surface area contributed by atoms with Crippen molar-refractivity contribution in [3.63, 3.8) is 0 Å². The van der Waals surface area contributed by atoms with Gasteiger partial charge >= 0.3 is 0 Å². The maximum atomic E-state index is 2.40. The van der Waals surface area contributed by atoms with E-state index >= 15 is 0 Å². The molecule has 0 heterocycles. The first-order valence-corrected chi connectivity index (χ1v) is 9.05. The van der Waals surface area contributed by atoms with Gasteiger partial charge in [0.15, 0.2) is 0 Å². The molecule has 0 aromatic heterocycles. The number of rotatable bonds is 4. The SMILES string of the molecule is CC.CCN(C)CCC=C1c2ccccc2C=Cc2ccccc21. The van der Waals surface area contributed by atoms with Gasteiger partial charge in [0.1, 0.15) is 0 Å². The summed E-state index contributed by atoms with van der Waals surface area (Å²) in [5, 5.41) is 0. The number of benzene rings is 2. The minimum absolute atomic E-state index is 1.07. The van der Waals surface area contributed by atoms with Crippen LogP contribution in [0.4, 0.5) is 0 Å². The quantitative estimate of drug-likeness (QED) is 0.572. The molecule has 0 unspecified atom stereocenters. The Kier molecular flexibility index (Phi) is 7.02. The summed E-state index contributed by atoms with van der Waals surface area (Å²) in [6, 6.07) is 17.4. The van der Waals surface area contributed by atoms with Crippen molar-refractivity contribution in [2.75, 3.05) is 20.1 Å². The molecule has 0 bridgehead atoms. The molecular formula is C23H29N. The molecule has 1 heteroatoms. The van der Waals surface area contributed by atoms with Gasteiger partial charge in [-0.25, -0.2) is 0 Å². The fourth-order valence-electron chi connectivity index (χ4n) is 2.91. The summed E-state index contributed by atoms with van der Waals surface area (Å²) < 4.78 is 0. The second kappa shape index (κ2) is 9.24. The van der Waals surface area contributed by atoms with Gasteiger partial charge in [-0.05, 0) is 47.8 Å². The monoisotopic (exact) mass is 319 g/mol. The fourth-order valence-corrected chi connectivity index (χ4v) is 2.91. The number of fused-ring (bicyclic) bond motifs is 2. The van der Waals surface area contributed by atoms with Crippen LogP contribution in [0.3, 0.4) is 0 Å². The van der Waals surface area contributed by atoms with E-state index in [0.29, 0.717) is 0 Å². The Morgan fingerprint density at radius 3 is 1.83 bits per heavy atom. The van der Waals surface area contributed by atoms with Gasteiger partial charge < -0.3 is 4.90 Å². The molecule has 0 fully saturated rings. The van der Waals surface area contributed by atoms with Crippen molar-refractivity contribution in [2.24, 2.45) is 0 Å². The molecule has 0 amide bonds. The topological polar surface area (TPSA) is 3.24 Å². The van der Waals surface area contributed by atoms with E-state index in [4.69, 9.17) is 0 Å². The Morgan fingerprint density at radius 2 is 1.33 bits per heavy atom. The molecule has 24 heavy (non-hydrogen) atoms. The van der Waals surface area contributed by atoms with Crippen LogP contribution in [0.25, 0.3) is 17.7 Å². The first-order valence-electron chi connectivity index (χ1n) is 9.05. The van der Waals surface area contributed by atoms with Gasteiger partial charge in [-0.2, -0.15) is 0 Å². The summed E-state index contributed by atoms with van der Waals surface area (Å²) in [4.78, 5) is 2.35. The van der Waals surface area contributed by atoms with Crippen molar-refractivity contribution < 1.29 is 0 Å². The second-order valence-electron chi connectivity index (χ2n) is 5.81. The van der Waals surface area contributed by atoms with Crippen LogP contribution in [-0.2, 0) is 0 Å². The molecule has 3 rings (SSSR count). The Morgan fingerprint density at radius 1 is 0.833 bits per heavy atom. The van der Waals surface area contributed by atoms with Crippen LogP contribution in [0.1, 0.15) is 49.4 Å². The lowest BCUT2D eigenvalue weighted by Gasteiger charge is -2.14. The fraction of sp³-hybridized carbons (Fsp3) is 0.304. The van der Waals surface area contributed by atoms with E-state index in [2.05, 4.69) is 85.6 Å². The van der Waals surface area contributed by atoms with Crippen LogP contribution in [0, 0.1) is 0 Å². The van der Waals surface area contributed by atoms with Gasteiger partial charge in [-0.1, -0.05) is 87.5 Å². The number of hydrogen-bond acceptors (Lipinski definition) is 1. The molecule has 0 spiro atoms. The van der Waals surface area contributed by atoms with Crippen molar-refractivity contribution in [3.05, 3.63) is 76.9 Å². The Bertz CT molecular complexity index is 658. The maximum Gasteiger partial charge on any atom is 0.00131 e. The van der Waals surface area contributed by atoms with E-state index < -0.39 is 0 Å². The minimum Gasteiger partial charge on any atom is -0.306 e. The highest BCUT2D eigenvalue weighted by Crippen LogP contribution is 2.33. The van der Waals surface area contributed by atoms with Gasteiger partial charge in [0, 0.05) is 6.54 Å². The molecule has 126 valence electrons. The zero-order valence-corrected chi connectivity index (χ0v) is 15.4. The summed E-state index contributed by atoms with van der Waals surface area (Å²) in [5.74, 6) is 0. The van der Waals surface area contributed by atoms with E-state index in [1.54, 1.807) is 0 Å². The molecule has 1 nitrogen and oxygen atoms in total. The Labute approximate surface area is 147 Å². The molecule has 0 aliphatic heterocycles. The lowest BCUT2D eigenvalue weighted by atomic mass is 9.93. The number of hydrogen-bond donors (Lipinski definition) is 0. The summed E-state index contributed by atoms with van der Waals surface area (Å²) >= 11 is 0. The standard InChI is InChI=1S/C21H23N.C2H6/c1-3-22(2)16-8-13-21-19-11-6-4-9-17(19)14-15-18-10-5-7-12-20(18)21;1-2/h4-7,9-15H,3,8,16H2,1-2H3;1-2H3. The van der Waals surface area contributed by atoms with Crippen LogP contribution >= 0.6 is 0 Å². The minimum atomic E-state index is 1.07. The summed E-state index contributed by atoms with van der Waals surface area (Å²) in [6.07, 6.45) is 7.93. The molecule has 0 radical (unpaired) electrons. The molecule has 0 N–H and O–H groups in total. The maximum absolute atomic E-state index is 2.40.